The summed E-state index contributed by atoms with van der Waals surface area (Å²) in [5.74, 6) is 3.29. The van der Waals surface area contributed by atoms with Crippen LogP contribution in [0, 0.1) is 16.6 Å². The highest BCUT2D eigenvalue weighted by atomic mass is 32.2. The smallest absolute Gasteiger partial charge is 0.457 e. The second kappa shape index (κ2) is 31.1. The number of benzene rings is 2. The van der Waals surface area contributed by atoms with Crippen LogP contribution in [0.15, 0.2) is 84.3 Å². The molecule has 4 amide bonds. The van der Waals surface area contributed by atoms with E-state index in [2.05, 4.69) is 53.4 Å². The minimum atomic E-state index is -2.06. The van der Waals surface area contributed by atoms with Crippen LogP contribution in [0.25, 0.3) is 16.6 Å². The molecule has 0 bridgehead atoms. The van der Waals surface area contributed by atoms with E-state index in [-0.39, 0.29) is 55.9 Å². The molecule has 5 aromatic rings. The molecular weight excluding hydrogens is 1180 g/mol. The number of pyridine rings is 1. The summed E-state index contributed by atoms with van der Waals surface area (Å²) in [6, 6.07) is 14.1. The van der Waals surface area contributed by atoms with Crippen molar-refractivity contribution < 1.29 is 61.5 Å². The molecule has 0 spiro atoms. The molecule has 5 heterocycles. The molecule has 2 aliphatic heterocycles. The van der Waals surface area contributed by atoms with Crippen LogP contribution < -0.4 is 21.3 Å². The van der Waals surface area contributed by atoms with Crippen molar-refractivity contribution in [3.63, 3.8) is 0 Å². The number of aromatic nitrogens is 6. The minimum absolute atomic E-state index is 0.0467. The first-order valence-electron chi connectivity index (χ1n) is 28.9. The Balaban J connectivity index is 0.816. The van der Waals surface area contributed by atoms with E-state index >= 15 is 0 Å². The van der Waals surface area contributed by atoms with Crippen LogP contribution in [-0.2, 0) is 96.1 Å². The zero-order valence-corrected chi connectivity index (χ0v) is 53.1. The molecule has 0 saturated carbocycles. The predicted molar refractivity (Wildman–Crippen MR) is 332 cm³/mol. The lowest BCUT2D eigenvalue weighted by atomic mass is 9.84. The SMILES string of the molecule is CC[C@@]1(OC(=O)OCc2ccc(NC(=O)CNC(=O)COCC(=O)NC(C)(C)COC(C)(C)Cn3cc(CNC(=O)CCCC#Cc4cnc(=S)[nH]c4)nn3)cc2)C(=O)OCC(C=O)=C1/C=C1/c2nc3ccccc3c(CCN(C(C)C)S(C)=O)c2CN1C. The van der Waals surface area contributed by atoms with Gasteiger partial charge in [-0.15, -0.1) is 5.10 Å². The number of hydrogen-bond acceptors (Lipinski definition) is 19. The van der Waals surface area contributed by atoms with Gasteiger partial charge in [0.15, 0.2) is 4.77 Å². The number of fused-ring (bicyclic) bond motifs is 2. The maximum absolute atomic E-state index is 13.8. The van der Waals surface area contributed by atoms with Gasteiger partial charge in [0.2, 0.25) is 29.2 Å². The van der Waals surface area contributed by atoms with Crippen LogP contribution in [-0.4, -0.2) is 161 Å². The van der Waals surface area contributed by atoms with Crippen molar-refractivity contribution in [1.29, 1.82) is 0 Å². The van der Waals surface area contributed by atoms with Gasteiger partial charge in [0.05, 0.1) is 77.0 Å². The Morgan fingerprint density at radius 2 is 1.78 bits per heavy atom. The molecule has 3 aromatic heterocycles. The molecule has 0 aliphatic carbocycles. The summed E-state index contributed by atoms with van der Waals surface area (Å²) < 4.78 is 44.9. The van der Waals surface area contributed by atoms with E-state index in [0.717, 1.165) is 22.0 Å². The van der Waals surface area contributed by atoms with E-state index < -0.39 is 77.3 Å². The van der Waals surface area contributed by atoms with E-state index in [1.807, 2.05) is 68.2 Å². The summed E-state index contributed by atoms with van der Waals surface area (Å²) in [5.41, 5.74) is 2.71. The molecule has 2 atom stereocenters. The number of unbranched alkanes of at least 4 members (excludes halogenated alkanes) is 1. The fourth-order valence-corrected chi connectivity index (χ4v) is 10.9. The molecule has 474 valence electrons. The van der Waals surface area contributed by atoms with E-state index in [1.54, 1.807) is 80.6 Å². The summed E-state index contributed by atoms with van der Waals surface area (Å²) in [7, 11) is 0.674. The van der Waals surface area contributed by atoms with Crippen LogP contribution in [0.3, 0.4) is 0 Å². The first-order valence-corrected chi connectivity index (χ1v) is 30.8. The summed E-state index contributed by atoms with van der Waals surface area (Å²) in [5, 5.41) is 20.1. The first-order chi connectivity index (χ1) is 42.4. The number of H-pyrrole nitrogens is 1. The Morgan fingerprint density at radius 1 is 1.02 bits per heavy atom. The molecule has 2 aromatic carbocycles. The second-order valence-electron chi connectivity index (χ2n) is 22.8. The molecule has 2 aliphatic rings. The number of anilines is 1. The number of carbonyl (C=O) groups is 7. The molecule has 5 N–H and O–H groups in total. The number of carbonyl (C=O) groups excluding carboxylic acids is 7. The average Bonchev–Trinajstić information content (AvgIpc) is 1.85. The van der Waals surface area contributed by atoms with Gasteiger partial charge in [-0.1, -0.05) is 54.3 Å². The quantitative estimate of drug-likeness (QED) is 0.0130. The number of nitrogens with one attached hydrogen (secondary N) is 5. The van der Waals surface area contributed by atoms with Crippen LogP contribution in [0.5, 0.6) is 0 Å². The van der Waals surface area contributed by atoms with Gasteiger partial charge in [0.25, 0.3) is 0 Å². The van der Waals surface area contributed by atoms with Gasteiger partial charge in [-0.25, -0.2) is 32.8 Å². The Morgan fingerprint density at radius 3 is 2.48 bits per heavy atom. The molecule has 0 saturated heterocycles. The number of nitrogens with zero attached hydrogens (tertiary/aromatic N) is 7. The summed E-state index contributed by atoms with van der Waals surface area (Å²) in [4.78, 5) is 104. The number of amides is 4. The topological polar surface area (TPSA) is 310 Å². The Kier molecular flexibility index (Phi) is 23.7. The van der Waals surface area contributed by atoms with Crippen molar-refractivity contribution in [2.45, 2.75) is 130 Å². The van der Waals surface area contributed by atoms with Gasteiger partial charge in [0, 0.05) is 85.5 Å². The normalized spacial score (nSPS) is 15.7. The van der Waals surface area contributed by atoms with Gasteiger partial charge in [-0.05, 0) is 108 Å². The van der Waals surface area contributed by atoms with Crippen LogP contribution in [0.4, 0.5) is 10.5 Å². The lowest BCUT2D eigenvalue weighted by Gasteiger charge is -2.35. The molecule has 0 fully saturated rings. The van der Waals surface area contributed by atoms with Crippen molar-refractivity contribution in [2.75, 3.05) is 58.1 Å². The van der Waals surface area contributed by atoms with Crippen LogP contribution >= 0.6 is 12.2 Å². The van der Waals surface area contributed by atoms with Crippen molar-refractivity contribution >= 4 is 87.5 Å². The second-order valence-corrected chi connectivity index (χ2v) is 24.5. The molecular formula is C62H76N12O13S2. The third kappa shape index (κ3) is 19.2. The van der Waals surface area contributed by atoms with Gasteiger partial charge < -0.3 is 54.8 Å². The van der Waals surface area contributed by atoms with Gasteiger partial charge >= 0.3 is 12.1 Å². The molecule has 1 unspecified atom stereocenters. The number of aldehydes is 1. The molecule has 25 nitrogen and oxygen atoms in total. The average molecular weight is 1260 g/mol. The minimum Gasteiger partial charge on any atom is -0.457 e. The predicted octanol–water partition coefficient (Wildman–Crippen LogP) is 5.47. The Bertz CT molecular complexity index is 3620. The van der Waals surface area contributed by atoms with Crippen LogP contribution in [0.1, 0.15) is 108 Å². The number of rotatable bonds is 29. The lowest BCUT2D eigenvalue weighted by molar-refractivity contribution is -0.165. The van der Waals surface area contributed by atoms with E-state index in [4.69, 9.17) is 40.9 Å². The molecule has 89 heavy (non-hydrogen) atoms. The van der Waals surface area contributed by atoms with Crippen molar-refractivity contribution in [3.05, 3.63) is 123 Å². The van der Waals surface area contributed by atoms with Gasteiger partial charge in [-0.3, -0.25) is 24.0 Å². The number of aromatic amines is 1. The van der Waals surface area contributed by atoms with E-state index in [9.17, 15) is 37.8 Å². The lowest BCUT2D eigenvalue weighted by Crippen LogP contribution is -2.50. The monoisotopic (exact) mass is 1260 g/mol. The highest BCUT2D eigenvalue weighted by Crippen LogP contribution is 2.41. The van der Waals surface area contributed by atoms with Gasteiger partial charge in [-0.2, -0.15) is 0 Å². The summed E-state index contributed by atoms with van der Waals surface area (Å²) in [6.07, 6.45) is 9.61. The van der Waals surface area contributed by atoms with Crippen molar-refractivity contribution in [3.8, 4) is 11.8 Å². The first kappa shape index (κ1) is 67.9. The number of para-hydroxylation sites is 1. The standard InChI is InChI=1S/C62H76N12O13S2/c1-10-62(49(43(33-75)35-84-57(62)80)26-51-56-48(32-72(51)8)46(24-25-74(40(2)3)89(9)82)47-17-14-15-18-50(47)68-56)87-59(81)85-34-41-20-22-44(23-21-41)67-53(77)30-64-54(78)36-83-37-55(79)69-60(4,5)39-86-61(6,7)38-73-31-45(70-71-73)29-63-52(76)19-13-11-12-16-42-27-65-58(88)66-28-42/h14-15,17-18,20-23,26-28,31,33,40H,10-11,13,19,24-25,29-30,32,34-39H2,1-9H3,(H,63,76)(H,64,78)(H,67,77)(H,69,79)(H,65,66,88)/b51-26-/t62-,89?/m0/s1. The van der Waals surface area contributed by atoms with Gasteiger partial charge in [0.1, 0.15) is 38.4 Å². The molecule has 27 heteroatoms. The fourth-order valence-electron chi connectivity index (χ4n) is 9.85. The van der Waals surface area contributed by atoms with E-state index in [0.29, 0.717) is 90.3 Å². The number of ether oxygens (including phenoxy) is 5. The fraction of sp³-hybridized carbons (Fsp3) is 0.452. The third-order valence-corrected chi connectivity index (χ3v) is 15.8. The number of cyclic esters (lactones) is 1. The summed E-state index contributed by atoms with van der Waals surface area (Å²) >= 11 is 4.93. The number of hydrogen-bond donors (Lipinski definition) is 5. The highest BCUT2D eigenvalue weighted by Gasteiger charge is 2.51. The molecule has 7 rings (SSSR count). The Hall–Kier alpha value is -8.55. The summed E-state index contributed by atoms with van der Waals surface area (Å²) in [6.45, 7) is 12.6. The third-order valence-electron chi connectivity index (χ3n) is 14.3. The van der Waals surface area contributed by atoms with E-state index in [1.165, 1.54) is 0 Å². The molecule has 0 radical (unpaired) electrons. The zero-order chi connectivity index (χ0) is 64.5. The van der Waals surface area contributed by atoms with Crippen LogP contribution in [0.2, 0.25) is 0 Å². The zero-order valence-electron chi connectivity index (χ0n) is 51.4. The Labute approximate surface area is 524 Å². The van der Waals surface area contributed by atoms with Crippen molar-refractivity contribution in [1.82, 2.24) is 55.1 Å². The number of esters is 1. The largest absolute Gasteiger partial charge is 0.510 e. The highest BCUT2D eigenvalue weighted by molar-refractivity contribution is 7.81. The maximum Gasteiger partial charge on any atom is 0.510 e. The maximum atomic E-state index is 13.8. The van der Waals surface area contributed by atoms with Crippen molar-refractivity contribution in [2.24, 2.45) is 0 Å².